The Morgan fingerprint density at radius 2 is 1.24 bits per heavy atom. The summed E-state index contributed by atoms with van der Waals surface area (Å²) in [4.78, 5) is 15.5. The second-order valence-electron chi connectivity index (χ2n) is 7.75. The quantitative estimate of drug-likeness (QED) is 0.330. The van der Waals surface area contributed by atoms with Crippen molar-refractivity contribution in [3.05, 3.63) is 131 Å². The Hall–Kier alpha value is -3.61. The van der Waals surface area contributed by atoms with Gasteiger partial charge in [0.05, 0.1) is 15.5 Å². The van der Waals surface area contributed by atoms with Crippen LogP contribution in [-0.4, -0.2) is 19.2 Å². The summed E-state index contributed by atoms with van der Waals surface area (Å²) in [5.41, 5.74) is 2.44. The number of anilines is 1. The minimum absolute atomic E-state index is 0.132. The lowest BCUT2D eigenvalue weighted by Crippen LogP contribution is -2.30. The zero-order valence-electron chi connectivity index (χ0n) is 18.3. The van der Waals surface area contributed by atoms with Crippen LogP contribution in [0.25, 0.3) is 0 Å². The summed E-state index contributed by atoms with van der Waals surface area (Å²) in [6, 6.07) is 32.0. The maximum absolute atomic E-state index is 13.6. The van der Waals surface area contributed by atoms with E-state index in [9.17, 15) is 13.2 Å². The highest BCUT2D eigenvalue weighted by molar-refractivity contribution is 7.92. The fourth-order valence-corrected chi connectivity index (χ4v) is 4.81. The Balaban J connectivity index is 1.64. The van der Waals surface area contributed by atoms with Crippen LogP contribution in [0, 0.1) is 0 Å². The second-order valence-corrected chi connectivity index (χ2v) is 9.84. The number of sulfonamides is 1. The van der Waals surface area contributed by atoms with E-state index in [0.717, 1.165) is 11.1 Å². The first kappa shape index (κ1) is 23.5. The summed E-state index contributed by atoms with van der Waals surface area (Å²) in [7, 11) is -3.80. The zero-order valence-corrected chi connectivity index (χ0v) is 19.8. The van der Waals surface area contributed by atoms with Gasteiger partial charge in [-0.05, 0) is 41.5 Å². The molecule has 0 atom stereocenters. The first-order valence-corrected chi connectivity index (χ1v) is 12.5. The Kier molecular flexibility index (Phi) is 7.30. The van der Waals surface area contributed by atoms with Crippen molar-refractivity contribution >= 4 is 33.2 Å². The maximum Gasteiger partial charge on any atom is 0.261 e. The van der Waals surface area contributed by atoms with E-state index in [0.29, 0.717) is 13.1 Å². The van der Waals surface area contributed by atoms with Gasteiger partial charge in [-0.25, -0.2) is 8.42 Å². The van der Waals surface area contributed by atoms with Crippen LogP contribution in [0.4, 0.5) is 5.69 Å². The third-order valence-electron chi connectivity index (χ3n) is 5.22. The standard InChI is InChI=1S/C27H23ClN2O3S/c28-26-17-16-23(29-34(32,33)24-14-8-3-9-15-24)18-25(26)27(31)30(19-21-10-4-1-5-11-21)20-22-12-6-2-7-13-22/h1-18,29H,19-20H2. The van der Waals surface area contributed by atoms with Gasteiger partial charge < -0.3 is 4.90 Å². The Bertz CT molecular complexity index is 1320. The molecule has 0 aromatic heterocycles. The summed E-state index contributed by atoms with van der Waals surface area (Å²) in [6.07, 6.45) is 0. The molecule has 1 N–H and O–H groups in total. The van der Waals surface area contributed by atoms with Crippen molar-refractivity contribution in [2.75, 3.05) is 4.72 Å². The Morgan fingerprint density at radius 1 is 0.735 bits per heavy atom. The number of carbonyl (C=O) groups is 1. The van der Waals surface area contributed by atoms with Crippen molar-refractivity contribution in [2.45, 2.75) is 18.0 Å². The molecular weight excluding hydrogens is 468 g/mol. The molecule has 4 aromatic rings. The van der Waals surface area contributed by atoms with Crippen LogP contribution < -0.4 is 4.72 Å². The normalized spacial score (nSPS) is 11.1. The molecular formula is C27H23ClN2O3S. The molecule has 1 amide bonds. The number of carbonyl (C=O) groups excluding carboxylic acids is 1. The number of amides is 1. The largest absolute Gasteiger partial charge is 0.330 e. The van der Waals surface area contributed by atoms with Crippen LogP contribution in [0.1, 0.15) is 21.5 Å². The minimum Gasteiger partial charge on any atom is -0.330 e. The second kappa shape index (κ2) is 10.5. The van der Waals surface area contributed by atoms with Crippen molar-refractivity contribution < 1.29 is 13.2 Å². The molecule has 0 radical (unpaired) electrons. The summed E-state index contributed by atoms with van der Waals surface area (Å²) in [6.45, 7) is 0.760. The molecule has 0 fully saturated rings. The number of hydrogen-bond donors (Lipinski definition) is 1. The summed E-state index contributed by atoms with van der Waals surface area (Å²) in [5.74, 6) is -0.293. The molecule has 7 heteroatoms. The van der Waals surface area contributed by atoms with E-state index in [-0.39, 0.29) is 27.1 Å². The van der Waals surface area contributed by atoms with Gasteiger partial charge in [-0.3, -0.25) is 9.52 Å². The van der Waals surface area contributed by atoms with Gasteiger partial charge in [-0.15, -0.1) is 0 Å². The molecule has 0 saturated heterocycles. The lowest BCUT2D eigenvalue weighted by atomic mass is 10.1. The fraction of sp³-hybridized carbons (Fsp3) is 0.0741. The molecule has 34 heavy (non-hydrogen) atoms. The van der Waals surface area contributed by atoms with Crippen molar-refractivity contribution in [3.63, 3.8) is 0 Å². The third-order valence-corrected chi connectivity index (χ3v) is 6.95. The average Bonchev–Trinajstić information content (AvgIpc) is 2.86. The number of halogens is 1. The molecule has 5 nitrogen and oxygen atoms in total. The smallest absolute Gasteiger partial charge is 0.261 e. The predicted octanol–water partition coefficient (Wildman–Crippen LogP) is 5.98. The predicted molar refractivity (Wildman–Crippen MR) is 135 cm³/mol. The van der Waals surface area contributed by atoms with Crippen molar-refractivity contribution in [1.29, 1.82) is 0 Å². The van der Waals surface area contributed by atoms with Crippen LogP contribution in [0.15, 0.2) is 114 Å². The molecule has 0 heterocycles. The SMILES string of the molecule is O=C(c1cc(NS(=O)(=O)c2ccccc2)ccc1Cl)N(Cc1ccccc1)Cc1ccccc1. The third kappa shape index (κ3) is 5.84. The van der Waals surface area contributed by atoms with Crippen molar-refractivity contribution in [3.8, 4) is 0 Å². The monoisotopic (exact) mass is 490 g/mol. The topological polar surface area (TPSA) is 66.5 Å². The van der Waals surface area contributed by atoms with Crippen molar-refractivity contribution in [1.82, 2.24) is 4.90 Å². The maximum atomic E-state index is 13.6. The summed E-state index contributed by atoms with van der Waals surface area (Å²) < 4.78 is 28.0. The summed E-state index contributed by atoms with van der Waals surface area (Å²) >= 11 is 6.40. The molecule has 4 rings (SSSR count). The fourth-order valence-electron chi connectivity index (χ4n) is 3.54. The van der Waals surface area contributed by atoms with Crippen LogP contribution >= 0.6 is 11.6 Å². The van der Waals surface area contributed by atoms with Crippen LogP contribution in [0.5, 0.6) is 0 Å². The van der Waals surface area contributed by atoms with E-state index in [1.807, 2.05) is 60.7 Å². The van der Waals surface area contributed by atoms with E-state index >= 15 is 0 Å². The molecule has 0 aliphatic carbocycles. The van der Waals surface area contributed by atoms with E-state index in [1.165, 1.54) is 24.3 Å². The van der Waals surface area contributed by atoms with Crippen molar-refractivity contribution in [2.24, 2.45) is 0 Å². The van der Waals surface area contributed by atoms with Gasteiger partial charge in [0.25, 0.3) is 15.9 Å². The van der Waals surface area contributed by atoms with Gasteiger partial charge in [-0.1, -0.05) is 90.5 Å². The van der Waals surface area contributed by atoms with Gasteiger partial charge in [0.2, 0.25) is 0 Å². The number of benzene rings is 4. The van der Waals surface area contributed by atoms with Gasteiger partial charge >= 0.3 is 0 Å². The average molecular weight is 491 g/mol. The molecule has 0 spiro atoms. The van der Waals surface area contributed by atoms with Crippen LogP contribution in [0.3, 0.4) is 0 Å². The number of rotatable bonds is 8. The number of hydrogen-bond acceptors (Lipinski definition) is 3. The van der Waals surface area contributed by atoms with Gasteiger partial charge in [0.1, 0.15) is 0 Å². The van der Waals surface area contributed by atoms with Crippen LogP contribution in [0.2, 0.25) is 5.02 Å². The first-order valence-electron chi connectivity index (χ1n) is 10.7. The van der Waals surface area contributed by atoms with Gasteiger partial charge in [-0.2, -0.15) is 0 Å². The minimum atomic E-state index is -3.80. The van der Waals surface area contributed by atoms with E-state index in [4.69, 9.17) is 11.6 Å². The van der Waals surface area contributed by atoms with E-state index < -0.39 is 10.0 Å². The Labute approximate surface area is 204 Å². The lowest BCUT2D eigenvalue weighted by molar-refractivity contribution is 0.0730. The number of nitrogens with one attached hydrogen (secondary N) is 1. The van der Waals surface area contributed by atoms with E-state index in [2.05, 4.69) is 4.72 Å². The van der Waals surface area contributed by atoms with Gasteiger partial charge in [0, 0.05) is 18.8 Å². The van der Waals surface area contributed by atoms with Gasteiger partial charge in [0.15, 0.2) is 0 Å². The zero-order chi connectivity index (χ0) is 24.0. The molecule has 0 bridgehead atoms. The highest BCUT2D eigenvalue weighted by atomic mass is 35.5. The first-order chi connectivity index (χ1) is 16.4. The molecule has 4 aromatic carbocycles. The van der Waals surface area contributed by atoms with Crippen LogP contribution in [-0.2, 0) is 23.1 Å². The molecule has 172 valence electrons. The molecule has 0 unspecified atom stereocenters. The molecule has 0 aliphatic heterocycles. The summed E-state index contributed by atoms with van der Waals surface area (Å²) in [5, 5.41) is 0.249. The molecule has 0 aliphatic rings. The molecule has 0 saturated carbocycles. The lowest BCUT2D eigenvalue weighted by Gasteiger charge is -2.24. The Morgan fingerprint density at radius 3 is 1.76 bits per heavy atom. The highest BCUT2D eigenvalue weighted by Crippen LogP contribution is 2.25. The number of nitrogens with zero attached hydrogens (tertiary/aromatic N) is 1. The highest BCUT2D eigenvalue weighted by Gasteiger charge is 2.21. The van der Waals surface area contributed by atoms with E-state index in [1.54, 1.807) is 29.2 Å².